The van der Waals surface area contributed by atoms with Crippen molar-refractivity contribution in [3.63, 3.8) is 0 Å². The third kappa shape index (κ3) is 2.76. The Labute approximate surface area is 97.8 Å². The standard InChI is InChI=1S/C10H11NO5S/c12-4-3-7-6-11-10-2-1-8(5-9(7)10)16-17(13,14)15/h1-2,5-6,11-12H,3-4H2,(H,13,14,15). The second-order valence-corrected chi connectivity index (χ2v) is 4.53. The minimum atomic E-state index is -4.51. The topological polar surface area (TPSA) is 99.6 Å². The molecule has 2 rings (SSSR count). The van der Waals surface area contributed by atoms with Crippen molar-refractivity contribution in [2.75, 3.05) is 6.61 Å². The van der Waals surface area contributed by atoms with Gasteiger partial charge in [0.1, 0.15) is 5.75 Å². The van der Waals surface area contributed by atoms with Crippen molar-refractivity contribution in [2.24, 2.45) is 0 Å². The summed E-state index contributed by atoms with van der Waals surface area (Å²) in [5, 5.41) is 9.62. The van der Waals surface area contributed by atoms with Gasteiger partial charge in [0.05, 0.1) is 0 Å². The second kappa shape index (κ2) is 4.36. The van der Waals surface area contributed by atoms with Crippen LogP contribution >= 0.6 is 0 Å². The number of aromatic nitrogens is 1. The SMILES string of the molecule is O=S(=O)(O)Oc1ccc2[nH]cc(CCO)c2c1. The lowest BCUT2D eigenvalue weighted by atomic mass is 10.1. The molecule has 0 amide bonds. The molecule has 1 aromatic carbocycles. The lowest BCUT2D eigenvalue weighted by Crippen LogP contribution is -2.06. The van der Waals surface area contributed by atoms with E-state index in [1.165, 1.54) is 12.1 Å². The Balaban J connectivity index is 2.44. The fraction of sp³-hybridized carbons (Fsp3) is 0.200. The van der Waals surface area contributed by atoms with Crippen molar-refractivity contribution < 1.29 is 22.3 Å². The molecule has 1 aromatic heterocycles. The van der Waals surface area contributed by atoms with Crippen molar-refractivity contribution in [1.82, 2.24) is 4.98 Å². The van der Waals surface area contributed by atoms with E-state index in [-0.39, 0.29) is 12.4 Å². The number of rotatable bonds is 4. The van der Waals surface area contributed by atoms with Gasteiger partial charge in [-0.25, -0.2) is 0 Å². The molecule has 92 valence electrons. The van der Waals surface area contributed by atoms with Crippen LogP contribution in [0, 0.1) is 0 Å². The maximum atomic E-state index is 10.6. The van der Waals surface area contributed by atoms with Crippen molar-refractivity contribution in [2.45, 2.75) is 6.42 Å². The first-order valence-electron chi connectivity index (χ1n) is 4.87. The fourth-order valence-electron chi connectivity index (χ4n) is 1.66. The number of hydrogen-bond acceptors (Lipinski definition) is 4. The molecule has 0 unspecified atom stereocenters. The number of H-pyrrole nitrogens is 1. The zero-order valence-electron chi connectivity index (χ0n) is 8.75. The molecule has 2 aromatic rings. The number of nitrogens with one attached hydrogen (secondary N) is 1. The summed E-state index contributed by atoms with van der Waals surface area (Å²) in [6, 6.07) is 4.55. The maximum Gasteiger partial charge on any atom is 0.446 e. The Hall–Kier alpha value is -1.57. The first kappa shape index (κ1) is 11.9. The number of hydrogen-bond donors (Lipinski definition) is 3. The summed E-state index contributed by atoms with van der Waals surface area (Å²) in [5.74, 6) is 0.0267. The normalized spacial score (nSPS) is 11.9. The summed E-state index contributed by atoms with van der Waals surface area (Å²) in [5.41, 5.74) is 1.65. The lowest BCUT2D eigenvalue weighted by molar-refractivity contribution is 0.300. The molecule has 0 spiro atoms. The summed E-state index contributed by atoms with van der Waals surface area (Å²) in [4.78, 5) is 2.98. The number of aliphatic hydroxyl groups is 1. The molecular formula is C10H11NO5S. The monoisotopic (exact) mass is 257 g/mol. The highest BCUT2D eigenvalue weighted by molar-refractivity contribution is 7.81. The molecular weight excluding hydrogens is 246 g/mol. The van der Waals surface area contributed by atoms with E-state index in [0.717, 1.165) is 16.5 Å². The highest BCUT2D eigenvalue weighted by Crippen LogP contribution is 2.24. The van der Waals surface area contributed by atoms with E-state index in [0.29, 0.717) is 6.42 Å². The average Bonchev–Trinajstić information content (AvgIpc) is 2.59. The summed E-state index contributed by atoms with van der Waals surface area (Å²) in [6.07, 6.45) is 2.19. The summed E-state index contributed by atoms with van der Waals surface area (Å²) in [6.45, 7) is -0.00363. The number of benzene rings is 1. The van der Waals surface area contributed by atoms with Gasteiger partial charge in [-0.05, 0) is 30.2 Å². The Kier molecular flexibility index (Phi) is 3.05. The predicted molar refractivity (Wildman–Crippen MR) is 61.3 cm³/mol. The van der Waals surface area contributed by atoms with E-state index in [1.807, 2.05) is 0 Å². The van der Waals surface area contributed by atoms with Gasteiger partial charge in [-0.1, -0.05) is 0 Å². The Morgan fingerprint density at radius 2 is 2.12 bits per heavy atom. The molecule has 6 nitrogen and oxygen atoms in total. The van der Waals surface area contributed by atoms with E-state index in [2.05, 4.69) is 9.17 Å². The van der Waals surface area contributed by atoms with Crippen LogP contribution in [0.2, 0.25) is 0 Å². The van der Waals surface area contributed by atoms with Gasteiger partial charge in [0.2, 0.25) is 0 Å². The van der Waals surface area contributed by atoms with Crippen LogP contribution < -0.4 is 4.18 Å². The molecule has 0 bridgehead atoms. The van der Waals surface area contributed by atoms with E-state index >= 15 is 0 Å². The summed E-state index contributed by atoms with van der Waals surface area (Å²) < 4.78 is 34.1. The van der Waals surface area contributed by atoms with Crippen LogP contribution in [0.15, 0.2) is 24.4 Å². The number of aromatic amines is 1. The summed E-state index contributed by atoms with van der Waals surface area (Å²) >= 11 is 0. The van der Waals surface area contributed by atoms with Crippen LogP contribution in [0.4, 0.5) is 0 Å². The van der Waals surface area contributed by atoms with Crippen LogP contribution in [0.3, 0.4) is 0 Å². The zero-order chi connectivity index (χ0) is 12.5. The number of fused-ring (bicyclic) bond motifs is 1. The molecule has 0 saturated heterocycles. The van der Waals surface area contributed by atoms with E-state index < -0.39 is 10.4 Å². The van der Waals surface area contributed by atoms with Gasteiger partial charge in [0, 0.05) is 23.7 Å². The largest absolute Gasteiger partial charge is 0.446 e. The second-order valence-electron chi connectivity index (χ2n) is 3.51. The van der Waals surface area contributed by atoms with Gasteiger partial charge >= 0.3 is 10.4 Å². The van der Waals surface area contributed by atoms with Gasteiger partial charge in [0.15, 0.2) is 0 Å². The molecule has 0 fully saturated rings. The first-order chi connectivity index (χ1) is 7.99. The Morgan fingerprint density at radius 3 is 2.76 bits per heavy atom. The predicted octanol–water partition coefficient (Wildman–Crippen LogP) is 0.884. The minimum absolute atomic E-state index is 0.00363. The molecule has 0 atom stereocenters. The minimum Gasteiger partial charge on any atom is -0.396 e. The van der Waals surface area contributed by atoms with Crippen LogP contribution in [0.1, 0.15) is 5.56 Å². The van der Waals surface area contributed by atoms with Crippen molar-refractivity contribution in [3.8, 4) is 5.75 Å². The number of aliphatic hydroxyl groups excluding tert-OH is 1. The van der Waals surface area contributed by atoms with Gasteiger partial charge in [-0.2, -0.15) is 8.42 Å². The van der Waals surface area contributed by atoms with E-state index in [9.17, 15) is 8.42 Å². The third-order valence-corrected chi connectivity index (χ3v) is 2.72. The van der Waals surface area contributed by atoms with Crippen LogP contribution in [0.5, 0.6) is 5.75 Å². The van der Waals surface area contributed by atoms with E-state index in [4.69, 9.17) is 9.66 Å². The first-order valence-corrected chi connectivity index (χ1v) is 6.24. The molecule has 0 radical (unpaired) electrons. The summed E-state index contributed by atoms with van der Waals surface area (Å²) in [7, 11) is -4.51. The van der Waals surface area contributed by atoms with Crippen LogP contribution in [0.25, 0.3) is 10.9 Å². The van der Waals surface area contributed by atoms with Crippen LogP contribution in [-0.2, 0) is 16.8 Å². The molecule has 7 heteroatoms. The van der Waals surface area contributed by atoms with Crippen LogP contribution in [-0.4, -0.2) is 29.7 Å². The third-order valence-electron chi connectivity index (χ3n) is 2.32. The van der Waals surface area contributed by atoms with Crippen molar-refractivity contribution in [3.05, 3.63) is 30.0 Å². The molecule has 0 aliphatic heterocycles. The molecule has 0 aliphatic carbocycles. The maximum absolute atomic E-state index is 10.6. The van der Waals surface area contributed by atoms with E-state index in [1.54, 1.807) is 12.3 Å². The fourth-order valence-corrected chi connectivity index (χ4v) is 2.01. The molecule has 0 saturated carbocycles. The highest BCUT2D eigenvalue weighted by atomic mass is 32.3. The zero-order valence-corrected chi connectivity index (χ0v) is 9.57. The highest BCUT2D eigenvalue weighted by Gasteiger charge is 2.09. The smallest absolute Gasteiger partial charge is 0.396 e. The van der Waals surface area contributed by atoms with Crippen molar-refractivity contribution >= 4 is 21.3 Å². The van der Waals surface area contributed by atoms with Crippen molar-refractivity contribution in [1.29, 1.82) is 0 Å². The Bertz CT molecular complexity index is 631. The quantitative estimate of drug-likeness (QED) is 0.706. The molecule has 1 heterocycles. The molecule has 17 heavy (non-hydrogen) atoms. The lowest BCUT2D eigenvalue weighted by Gasteiger charge is -2.02. The van der Waals surface area contributed by atoms with Gasteiger partial charge < -0.3 is 14.3 Å². The van der Waals surface area contributed by atoms with Gasteiger partial charge in [0.25, 0.3) is 0 Å². The average molecular weight is 257 g/mol. The van der Waals surface area contributed by atoms with Gasteiger partial charge in [-0.3, -0.25) is 4.55 Å². The molecule has 3 N–H and O–H groups in total. The van der Waals surface area contributed by atoms with Gasteiger partial charge in [-0.15, -0.1) is 0 Å². The Morgan fingerprint density at radius 1 is 1.35 bits per heavy atom. The molecule has 0 aliphatic rings.